The molecular formula is C26H33ClN6O. The van der Waals surface area contributed by atoms with E-state index in [9.17, 15) is 4.79 Å². The van der Waals surface area contributed by atoms with E-state index in [0.717, 1.165) is 66.8 Å². The number of hydrogen-bond acceptors (Lipinski definition) is 5. The van der Waals surface area contributed by atoms with Gasteiger partial charge in [0.1, 0.15) is 16.6 Å². The Labute approximate surface area is 205 Å². The Morgan fingerprint density at radius 3 is 2.79 bits per heavy atom. The largest absolute Gasteiger partial charge is 0.367 e. The van der Waals surface area contributed by atoms with E-state index in [2.05, 4.69) is 36.6 Å². The van der Waals surface area contributed by atoms with Gasteiger partial charge in [-0.3, -0.25) is 9.69 Å². The van der Waals surface area contributed by atoms with Gasteiger partial charge in [0.25, 0.3) is 0 Å². The number of anilines is 1. The Kier molecular flexibility index (Phi) is 7.30. The predicted octanol–water partition coefficient (Wildman–Crippen LogP) is 4.99. The normalized spacial score (nSPS) is 21.8. The van der Waals surface area contributed by atoms with Crippen molar-refractivity contribution in [1.82, 2.24) is 25.2 Å². The zero-order valence-corrected chi connectivity index (χ0v) is 20.3. The molecular weight excluding hydrogens is 448 g/mol. The fourth-order valence-electron chi connectivity index (χ4n) is 5.35. The number of H-pyrrole nitrogens is 1. The number of likely N-dealkylation sites (tertiary alicyclic amines) is 1. The summed E-state index contributed by atoms with van der Waals surface area (Å²) in [5.41, 5.74) is 2.91. The zero-order valence-electron chi connectivity index (χ0n) is 19.5. The van der Waals surface area contributed by atoms with Gasteiger partial charge in [-0.1, -0.05) is 24.4 Å². The molecule has 2 fully saturated rings. The number of nitrogens with zero attached hydrogens (tertiary/aromatic N) is 3. The van der Waals surface area contributed by atoms with E-state index in [0.29, 0.717) is 11.7 Å². The van der Waals surface area contributed by atoms with Crippen LogP contribution in [-0.2, 0) is 4.79 Å². The lowest BCUT2D eigenvalue weighted by Crippen LogP contribution is -2.46. The Hall–Kier alpha value is -2.64. The fourth-order valence-corrected chi connectivity index (χ4v) is 5.56. The lowest BCUT2D eigenvalue weighted by atomic mass is 9.91. The van der Waals surface area contributed by atoms with Crippen LogP contribution in [0.25, 0.3) is 22.2 Å². The van der Waals surface area contributed by atoms with Crippen molar-refractivity contribution in [2.24, 2.45) is 0 Å². The van der Waals surface area contributed by atoms with E-state index in [4.69, 9.17) is 11.6 Å². The summed E-state index contributed by atoms with van der Waals surface area (Å²) < 4.78 is 0. The smallest absolute Gasteiger partial charge is 0.234 e. The molecule has 3 aromatic heterocycles. The van der Waals surface area contributed by atoms with Crippen molar-refractivity contribution in [2.75, 3.05) is 25.0 Å². The minimum atomic E-state index is 0.156. The maximum Gasteiger partial charge on any atom is 0.234 e. The van der Waals surface area contributed by atoms with Gasteiger partial charge in [0, 0.05) is 35.4 Å². The number of fused-ring (bicyclic) bond motifs is 1. The highest BCUT2D eigenvalue weighted by atomic mass is 35.5. The number of amides is 1. The minimum absolute atomic E-state index is 0.156. The summed E-state index contributed by atoms with van der Waals surface area (Å²) in [7, 11) is 0. The van der Waals surface area contributed by atoms with Crippen molar-refractivity contribution >= 4 is 34.4 Å². The van der Waals surface area contributed by atoms with E-state index >= 15 is 0 Å². The Morgan fingerprint density at radius 1 is 1.12 bits per heavy atom. The number of aromatic nitrogens is 3. The number of carbonyl (C=O) groups is 1. The summed E-state index contributed by atoms with van der Waals surface area (Å²) in [6.45, 7) is 2.60. The molecule has 0 spiro atoms. The first-order chi connectivity index (χ1) is 16.6. The van der Waals surface area contributed by atoms with Crippen LogP contribution in [0.3, 0.4) is 0 Å². The molecule has 0 radical (unpaired) electrons. The highest BCUT2D eigenvalue weighted by molar-refractivity contribution is 6.29. The first-order valence-corrected chi connectivity index (χ1v) is 12.9. The van der Waals surface area contributed by atoms with Crippen LogP contribution in [0.2, 0.25) is 5.15 Å². The Bertz CT molecular complexity index is 1120. The molecule has 4 heterocycles. The van der Waals surface area contributed by atoms with E-state index in [1.165, 1.54) is 25.7 Å². The van der Waals surface area contributed by atoms with E-state index in [1.807, 2.05) is 24.4 Å². The number of carbonyl (C=O) groups excluding carboxylic acids is 1. The molecule has 3 N–H and O–H groups in total. The summed E-state index contributed by atoms with van der Waals surface area (Å²) in [6.07, 6.45) is 12.8. The summed E-state index contributed by atoms with van der Waals surface area (Å²) in [5, 5.41) is 8.38. The third-order valence-electron chi connectivity index (χ3n) is 7.01. The molecule has 3 aromatic rings. The maximum absolute atomic E-state index is 12.7. The Morgan fingerprint density at radius 2 is 1.94 bits per heavy atom. The minimum Gasteiger partial charge on any atom is -0.367 e. The molecule has 1 aliphatic heterocycles. The lowest BCUT2D eigenvalue weighted by molar-refractivity contribution is -0.123. The number of aromatic amines is 1. The van der Waals surface area contributed by atoms with E-state index in [-0.39, 0.29) is 18.0 Å². The third kappa shape index (κ3) is 5.70. The van der Waals surface area contributed by atoms with Crippen molar-refractivity contribution < 1.29 is 4.79 Å². The second-order valence-electron chi connectivity index (χ2n) is 9.63. The highest BCUT2D eigenvalue weighted by Crippen LogP contribution is 2.31. The van der Waals surface area contributed by atoms with Gasteiger partial charge >= 0.3 is 0 Å². The first-order valence-electron chi connectivity index (χ1n) is 12.5. The summed E-state index contributed by atoms with van der Waals surface area (Å²) in [5.74, 6) is 0.922. The topological polar surface area (TPSA) is 85.9 Å². The van der Waals surface area contributed by atoms with Gasteiger partial charge in [-0.2, -0.15) is 0 Å². The van der Waals surface area contributed by atoms with Crippen LogP contribution >= 0.6 is 11.6 Å². The molecule has 1 saturated carbocycles. The van der Waals surface area contributed by atoms with E-state index < -0.39 is 0 Å². The Balaban J connectivity index is 1.22. The SMILES string of the molecule is O=C(CN1CCCCCC1)NC1CCCC(Nc2cc(-c3c[nH]c4ncccc34)cc(Cl)n2)C1. The van der Waals surface area contributed by atoms with Gasteiger partial charge in [0.2, 0.25) is 5.91 Å². The van der Waals surface area contributed by atoms with E-state index in [1.54, 1.807) is 6.20 Å². The van der Waals surface area contributed by atoms with Crippen LogP contribution in [-0.4, -0.2) is 57.5 Å². The third-order valence-corrected chi connectivity index (χ3v) is 7.21. The number of nitrogens with one attached hydrogen (secondary N) is 3. The molecule has 1 saturated heterocycles. The molecule has 7 nitrogen and oxygen atoms in total. The first kappa shape index (κ1) is 23.1. The number of hydrogen-bond donors (Lipinski definition) is 3. The standard InChI is InChI=1S/C26H33ClN6O/c27-23-13-18(22-16-29-26-21(22)9-6-10-28-26)14-24(32-23)30-19-7-5-8-20(15-19)31-25(34)17-33-11-3-1-2-4-12-33/h6,9-10,13-14,16,19-20H,1-5,7-8,11-12,15,17H2,(H,28,29)(H,30,32)(H,31,34). The molecule has 2 atom stereocenters. The predicted molar refractivity (Wildman–Crippen MR) is 137 cm³/mol. The van der Waals surface area contributed by atoms with Crippen molar-refractivity contribution in [3.05, 3.63) is 41.8 Å². The van der Waals surface area contributed by atoms with Crippen LogP contribution in [0.5, 0.6) is 0 Å². The number of halogens is 1. The molecule has 1 amide bonds. The zero-order chi connectivity index (χ0) is 23.3. The van der Waals surface area contributed by atoms with Crippen LogP contribution in [0.1, 0.15) is 51.4 Å². The summed E-state index contributed by atoms with van der Waals surface area (Å²) in [6, 6.07) is 8.36. The van der Waals surface area contributed by atoms with Gasteiger partial charge in [-0.15, -0.1) is 0 Å². The maximum atomic E-state index is 12.7. The number of rotatable bonds is 6. The molecule has 180 valence electrons. The molecule has 0 aromatic carbocycles. The summed E-state index contributed by atoms with van der Waals surface area (Å²) in [4.78, 5) is 27.1. The molecule has 2 aliphatic rings. The molecule has 1 aliphatic carbocycles. The van der Waals surface area contributed by atoms with Gasteiger partial charge in [0.15, 0.2) is 0 Å². The second-order valence-corrected chi connectivity index (χ2v) is 10.0. The summed E-state index contributed by atoms with van der Waals surface area (Å²) >= 11 is 6.40. The van der Waals surface area contributed by atoms with Gasteiger partial charge in [0.05, 0.1) is 6.54 Å². The quantitative estimate of drug-likeness (QED) is 0.432. The van der Waals surface area contributed by atoms with Crippen LogP contribution in [0, 0.1) is 0 Å². The van der Waals surface area contributed by atoms with Crippen molar-refractivity contribution in [3.63, 3.8) is 0 Å². The molecule has 5 rings (SSSR count). The number of pyridine rings is 2. The van der Waals surface area contributed by atoms with Crippen molar-refractivity contribution in [1.29, 1.82) is 0 Å². The lowest BCUT2D eigenvalue weighted by Gasteiger charge is -2.31. The van der Waals surface area contributed by atoms with Gasteiger partial charge < -0.3 is 15.6 Å². The van der Waals surface area contributed by atoms with Crippen LogP contribution in [0.15, 0.2) is 36.7 Å². The molecule has 8 heteroatoms. The van der Waals surface area contributed by atoms with Gasteiger partial charge in [-0.25, -0.2) is 9.97 Å². The fraction of sp³-hybridized carbons (Fsp3) is 0.500. The van der Waals surface area contributed by atoms with Gasteiger partial charge in [-0.05, 0) is 81.4 Å². The van der Waals surface area contributed by atoms with Crippen LogP contribution < -0.4 is 10.6 Å². The second kappa shape index (κ2) is 10.7. The molecule has 2 unspecified atom stereocenters. The monoisotopic (exact) mass is 480 g/mol. The van der Waals surface area contributed by atoms with Crippen LogP contribution in [0.4, 0.5) is 5.82 Å². The average Bonchev–Trinajstić information content (AvgIpc) is 3.09. The highest BCUT2D eigenvalue weighted by Gasteiger charge is 2.24. The van der Waals surface area contributed by atoms with Crippen molar-refractivity contribution in [3.8, 4) is 11.1 Å². The van der Waals surface area contributed by atoms with Crippen molar-refractivity contribution in [2.45, 2.75) is 63.5 Å². The molecule has 34 heavy (non-hydrogen) atoms. The average molecular weight is 481 g/mol. The molecule has 0 bridgehead atoms.